The Morgan fingerprint density at radius 1 is 0.897 bits per heavy atom. The molecule has 1 aliphatic rings. The Balaban J connectivity index is 1.80. The average Bonchev–Trinajstić information content (AvgIpc) is 2.74. The molecule has 1 fully saturated rings. The van der Waals surface area contributed by atoms with E-state index in [9.17, 15) is 16.8 Å². The molecule has 7 nitrogen and oxygen atoms in total. The van der Waals surface area contributed by atoms with Gasteiger partial charge in [0.15, 0.2) is 0 Å². The maximum absolute atomic E-state index is 12.9. The number of para-hydroxylation sites is 1. The van der Waals surface area contributed by atoms with E-state index in [2.05, 4.69) is 0 Å². The maximum Gasteiger partial charge on any atom is 0.243 e. The van der Waals surface area contributed by atoms with Crippen LogP contribution in [-0.2, 0) is 26.6 Å². The predicted octanol–water partition coefficient (Wildman–Crippen LogP) is 2.69. The molecule has 9 heteroatoms. The molecule has 0 unspecified atom stereocenters. The number of ether oxygens (including phenoxy) is 1. The molecule has 0 atom stereocenters. The van der Waals surface area contributed by atoms with Gasteiger partial charge in [-0.25, -0.2) is 16.8 Å². The fourth-order valence-electron chi connectivity index (χ4n) is 3.38. The Bertz CT molecular complexity index is 1040. The van der Waals surface area contributed by atoms with Gasteiger partial charge in [0, 0.05) is 32.2 Å². The molecule has 0 spiro atoms. The number of hydrogen-bond donors (Lipinski definition) is 0. The Hall–Kier alpha value is -1.94. The van der Waals surface area contributed by atoms with Gasteiger partial charge in [-0.15, -0.1) is 0 Å². The molecule has 29 heavy (non-hydrogen) atoms. The molecular formula is C20H26N2O5S2. The molecule has 0 saturated carbocycles. The zero-order chi connectivity index (χ0) is 21.1. The molecule has 3 rings (SSSR count). The van der Waals surface area contributed by atoms with Crippen molar-refractivity contribution >= 4 is 20.0 Å². The minimum Gasteiger partial charge on any atom is -0.496 e. The van der Waals surface area contributed by atoms with Crippen molar-refractivity contribution in [1.29, 1.82) is 0 Å². The summed E-state index contributed by atoms with van der Waals surface area (Å²) in [4.78, 5) is 0.165. The Labute approximate surface area is 173 Å². The van der Waals surface area contributed by atoms with E-state index in [1.165, 1.54) is 47.0 Å². The highest BCUT2D eigenvalue weighted by molar-refractivity contribution is 7.89. The average molecular weight is 439 g/mol. The highest BCUT2D eigenvalue weighted by Crippen LogP contribution is 2.25. The smallest absolute Gasteiger partial charge is 0.243 e. The van der Waals surface area contributed by atoms with E-state index in [0.717, 1.165) is 24.8 Å². The van der Waals surface area contributed by atoms with Crippen molar-refractivity contribution in [3.63, 3.8) is 0 Å². The van der Waals surface area contributed by atoms with Crippen LogP contribution in [0.25, 0.3) is 0 Å². The van der Waals surface area contributed by atoms with Gasteiger partial charge in [-0.3, -0.25) is 0 Å². The van der Waals surface area contributed by atoms with Gasteiger partial charge < -0.3 is 4.74 Å². The summed E-state index contributed by atoms with van der Waals surface area (Å²) in [6, 6.07) is 12.7. The van der Waals surface area contributed by atoms with E-state index < -0.39 is 20.0 Å². The van der Waals surface area contributed by atoms with E-state index in [1.807, 2.05) is 12.1 Å². The third-order valence-electron chi connectivity index (χ3n) is 5.07. The summed E-state index contributed by atoms with van der Waals surface area (Å²) in [5.74, 6) is 0.609. The molecule has 158 valence electrons. The van der Waals surface area contributed by atoms with E-state index in [0.29, 0.717) is 18.8 Å². The molecular weight excluding hydrogens is 412 g/mol. The monoisotopic (exact) mass is 438 g/mol. The van der Waals surface area contributed by atoms with Crippen LogP contribution in [0.3, 0.4) is 0 Å². The summed E-state index contributed by atoms with van der Waals surface area (Å²) in [5, 5.41) is 0. The number of piperidine rings is 1. The molecule has 0 N–H and O–H groups in total. The largest absolute Gasteiger partial charge is 0.496 e. The van der Waals surface area contributed by atoms with Crippen LogP contribution in [0.1, 0.15) is 24.8 Å². The van der Waals surface area contributed by atoms with Gasteiger partial charge in [0.2, 0.25) is 20.0 Å². The molecule has 1 saturated heterocycles. The van der Waals surface area contributed by atoms with Crippen LogP contribution >= 0.6 is 0 Å². The second kappa shape index (κ2) is 8.83. The third-order valence-corrected chi connectivity index (χ3v) is 8.80. The summed E-state index contributed by atoms with van der Waals surface area (Å²) in [6.07, 6.45) is 2.72. The van der Waals surface area contributed by atoms with Crippen molar-refractivity contribution in [2.45, 2.75) is 35.6 Å². The fraction of sp³-hybridized carbons (Fsp3) is 0.400. The van der Waals surface area contributed by atoms with Gasteiger partial charge in [-0.2, -0.15) is 8.61 Å². The lowest BCUT2D eigenvalue weighted by Crippen LogP contribution is -2.35. The number of rotatable bonds is 7. The Morgan fingerprint density at radius 2 is 1.48 bits per heavy atom. The van der Waals surface area contributed by atoms with Crippen LogP contribution < -0.4 is 4.74 Å². The molecule has 1 aliphatic heterocycles. The summed E-state index contributed by atoms with van der Waals surface area (Å²) in [6.45, 7) is 1.15. The molecule has 0 aliphatic carbocycles. The fourth-order valence-corrected chi connectivity index (χ4v) is 6.04. The zero-order valence-electron chi connectivity index (χ0n) is 16.6. The van der Waals surface area contributed by atoms with E-state index in [4.69, 9.17) is 4.74 Å². The zero-order valence-corrected chi connectivity index (χ0v) is 18.2. The molecule has 2 aromatic rings. The number of nitrogens with zero attached hydrogens (tertiary/aromatic N) is 2. The van der Waals surface area contributed by atoms with Crippen molar-refractivity contribution in [2.75, 3.05) is 27.2 Å². The predicted molar refractivity (Wildman–Crippen MR) is 111 cm³/mol. The number of benzene rings is 2. The first-order valence-electron chi connectivity index (χ1n) is 9.45. The van der Waals surface area contributed by atoms with Gasteiger partial charge in [0.05, 0.1) is 16.9 Å². The Morgan fingerprint density at radius 3 is 2.10 bits per heavy atom. The molecule has 1 heterocycles. The van der Waals surface area contributed by atoms with E-state index >= 15 is 0 Å². The summed E-state index contributed by atoms with van der Waals surface area (Å²) in [7, 11) is -4.35. The SMILES string of the molecule is COc1ccccc1CN(C)S(=O)(=O)c1ccc(S(=O)(=O)N2CCCCC2)cc1. The van der Waals surface area contributed by atoms with Crippen molar-refractivity contribution in [3.8, 4) is 5.75 Å². The van der Waals surface area contributed by atoms with Crippen LogP contribution in [0.5, 0.6) is 5.75 Å². The van der Waals surface area contributed by atoms with Gasteiger partial charge in [-0.1, -0.05) is 24.6 Å². The lowest BCUT2D eigenvalue weighted by molar-refractivity contribution is 0.346. The standard InChI is InChI=1S/C20H26N2O5S2/c1-21(16-17-8-4-5-9-20(17)27-2)28(23,24)18-10-12-19(13-11-18)29(25,26)22-14-6-3-7-15-22/h4-5,8-13H,3,6-7,14-16H2,1-2H3. The summed E-state index contributed by atoms with van der Waals surface area (Å²) in [5.41, 5.74) is 0.741. The third kappa shape index (κ3) is 4.63. The second-order valence-corrected chi connectivity index (χ2v) is 11.0. The minimum atomic E-state index is -3.78. The summed E-state index contributed by atoms with van der Waals surface area (Å²) >= 11 is 0. The van der Waals surface area contributed by atoms with Crippen molar-refractivity contribution < 1.29 is 21.6 Å². The molecule has 0 aromatic heterocycles. The summed E-state index contributed by atoms with van der Waals surface area (Å²) < 4.78 is 59.3. The first-order valence-corrected chi connectivity index (χ1v) is 12.3. The highest BCUT2D eigenvalue weighted by atomic mass is 32.2. The first-order chi connectivity index (χ1) is 13.8. The minimum absolute atomic E-state index is 0.0486. The van der Waals surface area contributed by atoms with Gasteiger partial charge in [0.25, 0.3) is 0 Å². The van der Waals surface area contributed by atoms with Gasteiger partial charge in [0.1, 0.15) is 5.75 Å². The molecule has 0 bridgehead atoms. The van der Waals surface area contributed by atoms with Crippen LogP contribution in [0.2, 0.25) is 0 Å². The second-order valence-electron chi connectivity index (χ2n) is 7.01. The topological polar surface area (TPSA) is 84.0 Å². The lowest BCUT2D eigenvalue weighted by Gasteiger charge is -2.26. The number of sulfonamides is 2. The normalized spacial score (nSPS) is 16.1. The van der Waals surface area contributed by atoms with Crippen LogP contribution in [0.4, 0.5) is 0 Å². The van der Waals surface area contributed by atoms with Gasteiger partial charge >= 0.3 is 0 Å². The van der Waals surface area contributed by atoms with E-state index in [-0.39, 0.29) is 16.3 Å². The van der Waals surface area contributed by atoms with Crippen LogP contribution in [0, 0.1) is 0 Å². The van der Waals surface area contributed by atoms with Crippen molar-refractivity contribution in [1.82, 2.24) is 8.61 Å². The van der Waals surface area contributed by atoms with E-state index in [1.54, 1.807) is 12.1 Å². The van der Waals surface area contributed by atoms with Crippen molar-refractivity contribution in [2.24, 2.45) is 0 Å². The molecule has 0 amide bonds. The molecule has 0 radical (unpaired) electrons. The highest BCUT2D eigenvalue weighted by Gasteiger charge is 2.27. The van der Waals surface area contributed by atoms with Crippen LogP contribution in [-0.4, -0.2) is 52.7 Å². The quantitative estimate of drug-likeness (QED) is 0.664. The first kappa shape index (κ1) is 21.8. The molecule has 2 aromatic carbocycles. The van der Waals surface area contributed by atoms with Gasteiger partial charge in [-0.05, 0) is 43.2 Å². The number of methoxy groups -OCH3 is 1. The number of hydrogen-bond acceptors (Lipinski definition) is 5. The van der Waals surface area contributed by atoms with Crippen molar-refractivity contribution in [3.05, 3.63) is 54.1 Å². The lowest BCUT2D eigenvalue weighted by atomic mass is 10.2. The maximum atomic E-state index is 12.9. The van der Waals surface area contributed by atoms with Crippen LogP contribution in [0.15, 0.2) is 58.3 Å². The Kier molecular flexibility index (Phi) is 6.62.